The second-order valence-corrected chi connectivity index (χ2v) is 8.06. The number of aromatic amines is 1. The maximum Gasteiger partial charge on any atom is 0.244 e. The quantitative estimate of drug-likeness (QED) is 0.500. The molecule has 0 unspecified atom stereocenters. The van der Waals surface area contributed by atoms with Crippen LogP contribution in [0.3, 0.4) is 0 Å². The SMILES string of the molecule is O=C(Cn1nnc2ccccc21)N1CC[C@H](c2cc(COc3cccc(Cl)c3)[nH]n2)C1. The summed E-state index contributed by atoms with van der Waals surface area (Å²) in [5.41, 5.74) is 3.49. The van der Waals surface area contributed by atoms with E-state index in [-0.39, 0.29) is 18.4 Å². The lowest BCUT2D eigenvalue weighted by Gasteiger charge is -2.16. The highest BCUT2D eigenvalue weighted by Gasteiger charge is 2.29. The third-order valence-corrected chi connectivity index (χ3v) is 5.74. The highest BCUT2D eigenvalue weighted by molar-refractivity contribution is 6.30. The van der Waals surface area contributed by atoms with Crippen LogP contribution in [0, 0.1) is 0 Å². The first-order chi connectivity index (χ1) is 15.2. The minimum absolute atomic E-state index is 0.0400. The lowest BCUT2D eigenvalue weighted by atomic mass is 10.1. The Morgan fingerprint density at radius 2 is 2.10 bits per heavy atom. The molecule has 8 nitrogen and oxygen atoms in total. The number of hydrogen-bond acceptors (Lipinski definition) is 5. The van der Waals surface area contributed by atoms with Gasteiger partial charge in [-0.2, -0.15) is 5.10 Å². The highest BCUT2D eigenvalue weighted by Crippen LogP contribution is 2.27. The van der Waals surface area contributed by atoms with E-state index in [1.807, 2.05) is 47.4 Å². The molecule has 158 valence electrons. The Bertz CT molecular complexity index is 1220. The zero-order valence-electron chi connectivity index (χ0n) is 16.7. The summed E-state index contributed by atoms with van der Waals surface area (Å²) in [6.07, 6.45) is 0.878. The van der Waals surface area contributed by atoms with E-state index in [0.29, 0.717) is 30.5 Å². The Hall–Kier alpha value is -3.39. The van der Waals surface area contributed by atoms with Crippen molar-refractivity contribution < 1.29 is 9.53 Å². The van der Waals surface area contributed by atoms with Gasteiger partial charge in [0.2, 0.25) is 5.91 Å². The molecule has 0 spiro atoms. The summed E-state index contributed by atoms with van der Waals surface area (Å²) in [6.45, 7) is 1.91. The summed E-state index contributed by atoms with van der Waals surface area (Å²) in [6, 6.07) is 16.9. The van der Waals surface area contributed by atoms with Gasteiger partial charge in [0.05, 0.1) is 16.9 Å². The van der Waals surface area contributed by atoms with E-state index in [1.54, 1.807) is 16.8 Å². The lowest BCUT2D eigenvalue weighted by Crippen LogP contribution is -2.32. The van der Waals surface area contributed by atoms with E-state index in [9.17, 15) is 4.79 Å². The van der Waals surface area contributed by atoms with Crippen LogP contribution in [0.25, 0.3) is 11.0 Å². The first-order valence-corrected chi connectivity index (χ1v) is 10.5. The Morgan fingerprint density at radius 1 is 1.19 bits per heavy atom. The fourth-order valence-electron chi connectivity index (χ4n) is 3.87. The Kier molecular flexibility index (Phi) is 5.30. The number of benzene rings is 2. The van der Waals surface area contributed by atoms with Gasteiger partial charge in [-0.3, -0.25) is 9.89 Å². The molecule has 1 atom stereocenters. The van der Waals surface area contributed by atoms with Crippen LogP contribution < -0.4 is 4.74 Å². The van der Waals surface area contributed by atoms with Crippen molar-refractivity contribution in [2.24, 2.45) is 0 Å². The third-order valence-electron chi connectivity index (χ3n) is 5.51. The van der Waals surface area contributed by atoms with Gasteiger partial charge >= 0.3 is 0 Å². The number of likely N-dealkylation sites (tertiary alicyclic amines) is 1. The first-order valence-electron chi connectivity index (χ1n) is 10.1. The average Bonchev–Trinajstić information content (AvgIpc) is 3.52. The number of carbonyl (C=O) groups is 1. The zero-order chi connectivity index (χ0) is 21.2. The van der Waals surface area contributed by atoms with Crippen molar-refractivity contribution in [2.45, 2.75) is 25.5 Å². The van der Waals surface area contributed by atoms with E-state index in [2.05, 4.69) is 20.5 Å². The summed E-state index contributed by atoms with van der Waals surface area (Å²) in [5.74, 6) is 0.952. The number of carbonyl (C=O) groups excluding carboxylic acids is 1. The van der Waals surface area contributed by atoms with Crippen molar-refractivity contribution in [3.05, 3.63) is 71.0 Å². The predicted molar refractivity (Wildman–Crippen MR) is 116 cm³/mol. The summed E-state index contributed by atoms with van der Waals surface area (Å²) in [7, 11) is 0. The number of rotatable bonds is 6. The molecule has 31 heavy (non-hydrogen) atoms. The van der Waals surface area contributed by atoms with Crippen molar-refractivity contribution >= 4 is 28.5 Å². The molecule has 1 fully saturated rings. The molecule has 1 aliphatic heterocycles. The molecule has 4 aromatic rings. The molecule has 1 amide bonds. The average molecular weight is 437 g/mol. The van der Waals surface area contributed by atoms with Crippen molar-refractivity contribution in [1.29, 1.82) is 0 Å². The number of nitrogens with one attached hydrogen (secondary N) is 1. The van der Waals surface area contributed by atoms with Crippen LogP contribution in [-0.4, -0.2) is 49.1 Å². The molecule has 3 heterocycles. The third kappa shape index (κ3) is 4.25. The van der Waals surface area contributed by atoms with Gasteiger partial charge in [0.1, 0.15) is 24.4 Å². The second kappa shape index (κ2) is 8.39. The van der Waals surface area contributed by atoms with Crippen molar-refractivity contribution in [3.8, 4) is 5.75 Å². The van der Waals surface area contributed by atoms with Gasteiger partial charge < -0.3 is 9.64 Å². The number of ether oxygens (including phenoxy) is 1. The fourth-order valence-corrected chi connectivity index (χ4v) is 4.05. The maximum absolute atomic E-state index is 12.8. The fraction of sp³-hybridized carbons (Fsp3) is 0.273. The molecule has 1 saturated heterocycles. The van der Waals surface area contributed by atoms with Crippen molar-refractivity contribution in [1.82, 2.24) is 30.1 Å². The summed E-state index contributed by atoms with van der Waals surface area (Å²) < 4.78 is 7.42. The number of fused-ring (bicyclic) bond motifs is 1. The number of aromatic nitrogens is 5. The molecular weight excluding hydrogens is 416 g/mol. The van der Waals surface area contributed by atoms with Crippen LogP contribution >= 0.6 is 11.6 Å². The smallest absolute Gasteiger partial charge is 0.244 e. The molecule has 0 aliphatic carbocycles. The zero-order valence-corrected chi connectivity index (χ0v) is 17.5. The van der Waals surface area contributed by atoms with Gasteiger partial charge in [-0.1, -0.05) is 35.0 Å². The van der Waals surface area contributed by atoms with Crippen LogP contribution in [0.15, 0.2) is 54.6 Å². The summed E-state index contributed by atoms with van der Waals surface area (Å²) in [4.78, 5) is 14.7. The Labute approximate surface area is 183 Å². The number of amides is 1. The van der Waals surface area contributed by atoms with E-state index in [0.717, 1.165) is 28.8 Å². The topological polar surface area (TPSA) is 88.9 Å². The maximum atomic E-state index is 12.8. The molecule has 0 radical (unpaired) electrons. The molecular formula is C22H21ClN6O2. The van der Waals surface area contributed by atoms with Crippen molar-refractivity contribution in [2.75, 3.05) is 13.1 Å². The highest BCUT2D eigenvalue weighted by atomic mass is 35.5. The molecule has 9 heteroatoms. The van der Waals surface area contributed by atoms with Crippen LogP contribution in [-0.2, 0) is 17.9 Å². The van der Waals surface area contributed by atoms with E-state index >= 15 is 0 Å². The molecule has 0 bridgehead atoms. The Morgan fingerprint density at radius 3 is 3.00 bits per heavy atom. The molecule has 1 aliphatic rings. The van der Waals surface area contributed by atoms with Gasteiger partial charge in [0, 0.05) is 24.0 Å². The van der Waals surface area contributed by atoms with Gasteiger partial charge in [0.25, 0.3) is 0 Å². The molecule has 0 saturated carbocycles. The predicted octanol–water partition coefficient (Wildman–Crippen LogP) is 3.40. The van der Waals surface area contributed by atoms with E-state index in [4.69, 9.17) is 16.3 Å². The van der Waals surface area contributed by atoms with Gasteiger partial charge in [-0.25, -0.2) is 4.68 Å². The normalized spacial score (nSPS) is 16.2. The van der Waals surface area contributed by atoms with E-state index in [1.165, 1.54) is 0 Å². The number of H-pyrrole nitrogens is 1. The molecule has 1 N–H and O–H groups in total. The number of halogens is 1. The lowest BCUT2D eigenvalue weighted by molar-refractivity contribution is -0.130. The minimum atomic E-state index is 0.0400. The van der Waals surface area contributed by atoms with Gasteiger partial charge in [0.15, 0.2) is 0 Å². The molecule has 5 rings (SSSR count). The second-order valence-electron chi connectivity index (χ2n) is 7.63. The van der Waals surface area contributed by atoms with E-state index < -0.39 is 0 Å². The largest absolute Gasteiger partial charge is 0.487 e. The standard InChI is InChI=1S/C22H21ClN6O2/c23-16-4-3-5-18(10-16)31-14-17-11-20(25-24-17)15-8-9-28(12-15)22(30)13-29-21-7-2-1-6-19(21)26-27-29/h1-7,10-11,15H,8-9,12-14H2,(H,24,25)/t15-/m0/s1. The van der Waals surface area contributed by atoms with Gasteiger partial charge in [-0.05, 0) is 42.8 Å². The summed E-state index contributed by atoms with van der Waals surface area (Å²) >= 11 is 5.99. The van der Waals surface area contributed by atoms with Crippen LogP contribution in [0.1, 0.15) is 23.7 Å². The summed E-state index contributed by atoms with van der Waals surface area (Å²) in [5, 5.41) is 16.3. The van der Waals surface area contributed by atoms with Crippen LogP contribution in [0.4, 0.5) is 0 Å². The molecule has 2 aromatic heterocycles. The van der Waals surface area contributed by atoms with Crippen LogP contribution in [0.2, 0.25) is 5.02 Å². The van der Waals surface area contributed by atoms with Crippen LogP contribution in [0.5, 0.6) is 5.75 Å². The minimum Gasteiger partial charge on any atom is -0.487 e. The number of para-hydroxylation sites is 1. The molecule has 2 aromatic carbocycles. The monoisotopic (exact) mass is 436 g/mol. The number of hydrogen-bond donors (Lipinski definition) is 1. The Balaban J connectivity index is 1.18. The number of nitrogens with zero attached hydrogens (tertiary/aromatic N) is 5. The van der Waals surface area contributed by atoms with Gasteiger partial charge in [-0.15, -0.1) is 5.10 Å². The first kappa shape index (κ1) is 19.6. The van der Waals surface area contributed by atoms with Crippen molar-refractivity contribution in [3.63, 3.8) is 0 Å².